The van der Waals surface area contributed by atoms with Gasteiger partial charge in [0, 0.05) is 35.0 Å². The van der Waals surface area contributed by atoms with E-state index in [0.717, 1.165) is 17.6 Å². The first-order valence-corrected chi connectivity index (χ1v) is 13.3. The Morgan fingerprint density at radius 2 is 1.85 bits per heavy atom. The highest BCUT2D eigenvalue weighted by molar-refractivity contribution is 7.92. The van der Waals surface area contributed by atoms with E-state index in [2.05, 4.69) is 44.4 Å². The molecule has 1 saturated carbocycles. The van der Waals surface area contributed by atoms with Gasteiger partial charge in [0.2, 0.25) is 10.0 Å². The molecule has 2 atom stereocenters. The first kappa shape index (κ1) is 21.9. The number of hydrogen-bond acceptors (Lipinski definition) is 4. The third kappa shape index (κ3) is 4.22. The van der Waals surface area contributed by atoms with Crippen molar-refractivity contribution in [2.45, 2.75) is 44.8 Å². The molecule has 0 unspecified atom stereocenters. The minimum Gasteiger partial charge on any atom is -0.351 e. The second-order valence-electron chi connectivity index (χ2n) is 8.85. The molecule has 9 heteroatoms. The molecule has 2 fully saturated rings. The average Bonchev–Trinajstić information content (AvgIpc) is 3.47. The van der Waals surface area contributed by atoms with Crippen molar-refractivity contribution in [3.63, 3.8) is 0 Å². The molecule has 2 aromatic heterocycles. The molecule has 1 aromatic carbocycles. The Hall–Kier alpha value is -2.91. The van der Waals surface area contributed by atoms with E-state index in [4.69, 9.17) is 12.2 Å². The number of rotatable bonds is 6. The van der Waals surface area contributed by atoms with E-state index in [-0.39, 0.29) is 12.1 Å². The van der Waals surface area contributed by atoms with Crippen LogP contribution in [-0.2, 0) is 10.0 Å². The lowest BCUT2D eigenvalue weighted by atomic mass is 9.96. The van der Waals surface area contributed by atoms with Crippen LogP contribution in [0.4, 0.5) is 11.4 Å². The van der Waals surface area contributed by atoms with E-state index in [1.165, 1.54) is 29.8 Å². The summed E-state index contributed by atoms with van der Waals surface area (Å²) >= 11 is 5.81. The lowest BCUT2D eigenvalue weighted by Gasteiger charge is -2.28. The fourth-order valence-corrected chi connectivity index (χ4v) is 5.76. The van der Waals surface area contributed by atoms with Crippen LogP contribution in [0, 0.1) is 13.8 Å². The molecule has 2 aliphatic rings. The summed E-state index contributed by atoms with van der Waals surface area (Å²) in [5, 5.41) is 4.12. The summed E-state index contributed by atoms with van der Waals surface area (Å²) < 4.78 is 28.2. The maximum atomic E-state index is 11.6. The largest absolute Gasteiger partial charge is 0.351 e. The van der Waals surface area contributed by atoms with Gasteiger partial charge in [-0.15, -0.1) is 0 Å². The van der Waals surface area contributed by atoms with E-state index in [1.807, 2.05) is 30.3 Å². The van der Waals surface area contributed by atoms with Gasteiger partial charge in [0.1, 0.15) is 0 Å². The summed E-state index contributed by atoms with van der Waals surface area (Å²) in [5.74, 6) is 0. The maximum Gasteiger partial charge on any atom is 0.229 e. The Morgan fingerprint density at radius 1 is 1.12 bits per heavy atom. The number of hydrogen-bond donors (Lipinski definition) is 2. The highest BCUT2D eigenvalue weighted by Crippen LogP contribution is 2.46. The zero-order chi connectivity index (χ0) is 23.3. The first-order valence-electron chi connectivity index (χ1n) is 11.0. The molecule has 172 valence electrons. The molecular weight excluding hydrogens is 454 g/mol. The van der Waals surface area contributed by atoms with Gasteiger partial charge >= 0.3 is 0 Å². The van der Waals surface area contributed by atoms with Gasteiger partial charge in [-0.3, -0.25) is 9.71 Å². The van der Waals surface area contributed by atoms with Crippen LogP contribution in [-0.4, -0.2) is 29.3 Å². The standard InChI is InChI=1S/C24H27N5O2S2/c1-15-14-20(16(2)28(15)18-11-12-18)23-22(21-6-4-5-13-25-21)26-24(32)29(23)19-9-7-17(8-10-19)27-33(3,30)31/h4-10,13-14,18,22-23,27H,11-12H2,1-3H3,(H,26,32)/t22-,23-/m0/s1. The van der Waals surface area contributed by atoms with Gasteiger partial charge in [-0.25, -0.2) is 8.42 Å². The number of nitrogens with one attached hydrogen (secondary N) is 2. The van der Waals surface area contributed by atoms with Crippen molar-refractivity contribution in [3.8, 4) is 0 Å². The zero-order valence-electron chi connectivity index (χ0n) is 18.8. The van der Waals surface area contributed by atoms with Crippen LogP contribution in [0.1, 0.15) is 53.6 Å². The molecule has 3 heterocycles. The Balaban J connectivity index is 1.59. The van der Waals surface area contributed by atoms with Crippen LogP contribution < -0.4 is 14.9 Å². The molecule has 1 saturated heterocycles. The van der Waals surface area contributed by atoms with E-state index in [0.29, 0.717) is 16.8 Å². The number of aryl methyl sites for hydroxylation is 1. The molecule has 33 heavy (non-hydrogen) atoms. The number of nitrogens with zero attached hydrogens (tertiary/aromatic N) is 3. The maximum absolute atomic E-state index is 11.6. The smallest absolute Gasteiger partial charge is 0.229 e. The summed E-state index contributed by atoms with van der Waals surface area (Å²) in [6.45, 7) is 4.36. The predicted molar refractivity (Wildman–Crippen MR) is 135 cm³/mol. The number of sulfonamides is 1. The molecule has 3 aromatic rings. The predicted octanol–water partition coefficient (Wildman–Crippen LogP) is 4.38. The molecule has 1 aliphatic carbocycles. The molecule has 7 nitrogen and oxygen atoms in total. The molecule has 5 rings (SSSR count). The highest BCUT2D eigenvalue weighted by atomic mass is 32.2. The molecule has 0 radical (unpaired) electrons. The number of aromatic nitrogens is 2. The quantitative estimate of drug-likeness (QED) is 0.509. The van der Waals surface area contributed by atoms with Crippen LogP contribution in [0.5, 0.6) is 0 Å². The Kier molecular flexibility index (Phi) is 5.41. The van der Waals surface area contributed by atoms with E-state index in [9.17, 15) is 8.42 Å². The third-order valence-electron chi connectivity index (χ3n) is 6.30. The lowest BCUT2D eigenvalue weighted by Crippen LogP contribution is -2.29. The van der Waals surface area contributed by atoms with Crippen LogP contribution in [0.3, 0.4) is 0 Å². The lowest BCUT2D eigenvalue weighted by molar-refractivity contribution is 0.562. The molecule has 0 spiro atoms. The fourth-order valence-electron chi connectivity index (χ4n) is 4.85. The van der Waals surface area contributed by atoms with Crippen molar-refractivity contribution in [2.75, 3.05) is 15.9 Å². The van der Waals surface area contributed by atoms with Crippen LogP contribution in [0.25, 0.3) is 0 Å². The molecule has 0 amide bonds. The van der Waals surface area contributed by atoms with Crippen molar-refractivity contribution < 1.29 is 8.42 Å². The van der Waals surface area contributed by atoms with Crippen molar-refractivity contribution >= 4 is 38.7 Å². The average molecular weight is 482 g/mol. The van der Waals surface area contributed by atoms with Crippen LogP contribution in [0.15, 0.2) is 54.7 Å². The fraction of sp³-hybridized carbons (Fsp3) is 0.333. The number of thiocarbonyl (C=S) groups is 1. The van der Waals surface area contributed by atoms with Crippen molar-refractivity contribution in [3.05, 3.63) is 77.4 Å². The van der Waals surface area contributed by atoms with Gasteiger partial charge in [-0.2, -0.15) is 0 Å². The van der Waals surface area contributed by atoms with Gasteiger partial charge in [-0.05, 0) is 86.9 Å². The zero-order valence-corrected chi connectivity index (χ0v) is 20.5. The van der Waals surface area contributed by atoms with Gasteiger partial charge in [-0.1, -0.05) is 6.07 Å². The van der Waals surface area contributed by atoms with Crippen molar-refractivity contribution in [1.82, 2.24) is 14.9 Å². The summed E-state index contributed by atoms with van der Waals surface area (Å²) in [7, 11) is -3.34. The van der Waals surface area contributed by atoms with E-state index < -0.39 is 10.0 Å². The van der Waals surface area contributed by atoms with Crippen molar-refractivity contribution in [2.24, 2.45) is 0 Å². The summed E-state index contributed by atoms with van der Waals surface area (Å²) in [5.41, 5.74) is 6.08. The number of pyridine rings is 1. The SMILES string of the molecule is Cc1cc([C@H]2[C@H](c3ccccn3)NC(=S)N2c2ccc(NS(C)(=O)=O)cc2)c(C)n1C1CC1. The summed E-state index contributed by atoms with van der Waals surface area (Å²) in [6.07, 6.45) is 5.39. The van der Waals surface area contributed by atoms with Crippen LogP contribution >= 0.6 is 12.2 Å². The topological polar surface area (TPSA) is 79.3 Å². The molecule has 2 N–H and O–H groups in total. The minimum absolute atomic E-state index is 0.0835. The second kappa shape index (κ2) is 8.14. The van der Waals surface area contributed by atoms with Gasteiger partial charge in [0.25, 0.3) is 0 Å². The highest BCUT2D eigenvalue weighted by Gasteiger charge is 2.43. The summed E-state index contributed by atoms with van der Waals surface area (Å²) in [4.78, 5) is 6.75. The minimum atomic E-state index is -3.34. The third-order valence-corrected chi connectivity index (χ3v) is 7.22. The monoisotopic (exact) mass is 481 g/mol. The first-order chi connectivity index (χ1) is 15.7. The van der Waals surface area contributed by atoms with Gasteiger partial charge in [0.15, 0.2) is 5.11 Å². The summed E-state index contributed by atoms with van der Waals surface area (Å²) in [6, 6.07) is 15.9. The van der Waals surface area contributed by atoms with E-state index >= 15 is 0 Å². The van der Waals surface area contributed by atoms with Crippen LogP contribution in [0.2, 0.25) is 0 Å². The second-order valence-corrected chi connectivity index (χ2v) is 11.0. The normalized spacial score (nSPS) is 20.7. The molecular formula is C24H27N5O2S2. The number of anilines is 2. The number of benzene rings is 1. The molecule has 0 bridgehead atoms. The Morgan fingerprint density at radius 3 is 2.45 bits per heavy atom. The molecule has 1 aliphatic heterocycles. The van der Waals surface area contributed by atoms with Crippen molar-refractivity contribution in [1.29, 1.82) is 0 Å². The van der Waals surface area contributed by atoms with Gasteiger partial charge in [0.05, 0.1) is 24.0 Å². The Bertz CT molecular complexity index is 1300. The van der Waals surface area contributed by atoms with E-state index in [1.54, 1.807) is 18.3 Å². The van der Waals surface area contributed by atoms with Gasteiger partial charge < -0.3 is 14.8 Å². The Labute approximate surface area is 199 Å².